The number of carbonyl (C=O) groups excluding carboxylic acids is 4. The van der Waals surface area contributed by atoms with E-state index in [1.807, 2.05) is 72.8 Å². The van der Waals surface area contributed by atoms with Gasteiger partial charge in [-0.25, -0.2) is 19.2 Å². The molecule has 1 heterocycles. The zero-order chi connectivity index (χ0) is 41.7. The summed E-state index contributed by atoms with van der Waals surface area (Å²) in [5.41, 5.74) is 0.389. The summed E-state index contributed by atoms with van der Waals surface area (Å²) < 4.78 is 36.8. The van der Waals surface area contributed by atoms with E-state index in [2.05, 4.69) is 41.3 Å². The molecule has 300 valence electrons. The SMILES string of the molecule is C=C(CCO)C(=O)OCCC(=C)C(=O)Oc1cccc2ccccc12.C=CC(=O)OCCOc1nc(OCCOC(=O)C=C)nc(Oc2cccc3ccccc23)n1. The van der Waals surface area contributed by atoms with E-state index in [1.165, 1.54) is 0 Å². The van der Waals surface area contributed by atoms with E-state index in [4.69, 9.17) is 38.3 Å². The molecule has 0 bridgehead atoms. The average molecular weight is 792 g/mol. The maximum atomic E-state index is 12.2. The standard InChI is InChI=1S/C23H21N3O7.C20H20O5/c1-3-19(27)29-12-14-31-21-24-22(32-15-13-30-20(28)4-2)26-23(25-21)33-18-11-7-9-16-8-5-6-10-17(16)18;1-14(10-12-21)19(22)24-13-11-15(2)20(23)25-18-9-5-7-16-6-3-4-8-17(16)18/h3-11H,1-2,12-15H2;3-9,21H,1-2,10-13H2. The summed E-state index contributed by atoms with van der Waals surface area (Å²) in [4.78, 5) is 58.3. The fourth-order valence-electron chi connectivity index (χ4n) is 4.71. The van der Waals surface area contributed by atoms with Crippen LogP contribution in [0.3, 0.4) is 0 Å². The van der Waals surface area contributed by atoms with Crippen LogP contribution in [0.25, 0.3) is 21.5 Å². The second-order valence-electron chi connectivity index (χ2n) is 11.6. The highest BCUT2D eigenvalue weighted by molar-refractivity contribution is 5.95. The molecule has 0 radical (unpaired) electrons. The number of nitrogens with zero attached hydrogens (tertiary/aromatic N) is 3. The van der Waals surface area contributed by atoms with E-state index in [0.29, 0.717) is 11.5 Å². The zero-order valence-electron chi connectivity index (χ0n) is 31.5. The number of rotatable bonds is 20. The van der Waals surface area contributed by atoms with Crippen molar-refractivity contribution in [1.82, 2.24) is 15.0 Å². The Morgan fingerprint density at radius 1 is 0.552 bits per heavy atom. The second kappa shape index (κ2) is 22.9. The molecule has 0 unspecified atom stereocenters. The molecule has 0 amide bonds. The lowest BCUT2D eigenvalue weighted by Crippen LogP contribution is -2.14. The van der Waals surface area contributed by atoms with Gasteiger partial charge in [-0.05, 0) is 22.9 Å². The van der Waals surface area contributed by atoms with Crippen LogP contribution >= 0.6 is 0 Å². The van der Waals surface area contributed by atoms with E-state index in [1.54, 1.807) is 12.1 Å². The molecule has 0 fully saturated rings. The van der Waals surface area contributed by atoms with Crippen LogP contribution in [-0.2, 0) is 33.4 Å². The summed E-state index contributed by atoms with van der Waals surface area (Å²) in [6, 6.07) is 26.0. The van der Waals surface area contributed by atoms with Crippen molar-refractivity contribution in [1.29, 1.82) is 0 Å². The maximum absolute atomic E-state index is 12.2. The van der Waals surface area contributed by atoms with Gasteiger partial charge in [0.25, 0.3) is 0 Å². The molecule has 5 rings (SSSR count). The minimum absolute atomic E-state index is 0.00719. The van der Waals surface area contributed by atoms with Gasteiger partial charge in [-0.3, -0.25) is 0 Å². The summed E-state index contributed by atoms with van der Waals surface area (Å²) in [5, 5.41) is 12.4. The Labute approximate surface area is 333 Å². The van der Waals surface area contributed by atoms with Crippen molar-refractivity contribution >= 4 is 45.4 Å². The molecule has 4 aromatic carbocycles. The minimum atomic E-state index is -0.593. The molecule has 1 aromatic heterocycles. The summed E-state index contributed by atoms with van der Waals surface area (Å²) in [6.45, 7) is 13.5. The lowest BCUT2D eigenvalue weighted by atomic mass is 10.1. The number of aromatic nitrogens is 3. The van der Waals surface area contributed by atoms with Gasteiger partial charge in [0.15, 0.2) is 0 Å². The van der Waals surface area contributed by atoms with Crippen molar-refractivity contribution in [2.45, 2.75) is 12.8 Å². The molecular formula is C43H41N3O12. The Morgan fingerprint density at radius 3 is 1.59 bits per heavy atom. The van der Waals surface area contributed by atoms with Gasteiger partial charge in [0.2, 0.25) is 0 Å². The van der Waals surface area contributed by atoms with Crippen LogP contribution in [0.15, 0.2) is 135 Å². The molecule has 0 saturated heterocycles. The first-order valence-corrected chi connectivity index (χ1v) is 17.7. The predicted molar refractivity (Wildman–Crippen MR) is 212 cm³/mol. The number of aliphatic hydroxyl groups is 1. The minimum Gasteiger partial charge on any atom is -0.462 e. The number of ether oxygens (including phenoxy) is 7. The highest BCUT2D eigenvalue weighted by Crippen LogP contribution is 2.30. The lowest BCUT2D eigenvalue weighted by molar-refractivity contribution is -0.140. The van der Waals surface area contributed by atoms with Gasteiger partial charge in [0, 0.05) is 53.5 Å². The van der Waals surface area contributed by atoms with Crippen molar-refractivity contribution in [2.24, 2.45) is 0 Å². The highest BCUT2D eigenvalue weighted by Gasteiger charge is 2.15. The monoisotopic (exact) mass is 791 g/mol. The van der Waals surface area contributed by atoms with Crippen molar-refractivity contribution in [3.63, 3.8) is 0 Å². The number of aliphatic hydroxyl groups excluding tert-OH is 1. The van der Waals surface area contributed by atoms with Crippen LogP contribution < -0.4 is 18.9 Å². The average Bonchev–Trinajstić information content (AvgIpc) is 3.24. The number of benzene rings is 4. The predicted octanol–water partition coefficient (Wildman–Crippen LogP) is 6.21. The molecule has 0 saturated carbocycles. The summed E-state index contributed by atoms with van der Waals surface area (Å²) in [6.07, 6.45) is 2.40. The number of esters is 4. The van der Waals surface area contributed by atoms with Crippen LogP contribution in [0.2, 0.25) is 0 Å². The highest BCUT2D eigenvalue weighted by atomic mass is 16.6. The Balaban J connectivity index is 0.000000267. The van der Waals surface area contributed by atoms with Crippen LogP contribution in [0.5, 0.6) is 29.5 Å². The van der Waals surface area contributed by atoms with Crippen LogP contribution in [0.4, 0.5) is 0 Å². The van der Waals surface area contributed by atoms with Crippen molar-refractivity contribution in [3.8, 4) is 29.5 Å². The molecular weight excluding hydrogens is 750 g/mol. The van der Waals surface area contributed by atoms with Crippen molar-refractivity contribution in [2.75, 3.05) is 39.6 Å². The third kappa shape index (κ3) is 13.7. The molecule has 0 atom stereocenters. The first-order valence-electron chi connectivity index (χ1n) is 17.7. The molecule has 0 aliphatic heterocycles. The third-order valence-electron chi connectivity index (χ3n) is 7.56. The van der Waals surface area contributed by atoms with Gasteiger partial charge in [-0.2, -0.15) is 0 Å². The van der Waals surface area contributed by atoms with E-state index in [9.17, 15) is 19.2 Å². The lowest BCUT2D eigenvalue weighted by Gasteiger charge is -2.11. The smallest absolute Gasteiger partial charge is 0.338 e. The fraction of sp³-hybridized carbons (Fsp3) is 0.186. The first kappa shape index (κ1) is 43.3. The van der Waals surface area contributed by atoms with Gasteiger partial charge in [-0.1, -0.05) is 99.1 Å². The van der Waals surface area contributed by atoms with E-state index < -0.39 is 23.9 Å². The van der Waals surface area contributed by atoms with E-state index in [-0.39, 0.29) is 81.7 Å². The molecule has 1 N–H and O–H groups in total. The Hall–Kier alpha value is -7.39. The van der Waals surface area contributed by atoms with Gasteiger partial charge in [0.1, 0.15) is 37.9 Å². The second-order valence-corrected chi connectivity index (χ2v) is 11.6. The summed E-state index contributed by atoms with van der Waals surface area (Å²) in [7, 11) is 0. The van der Waals surface area contributed by atoms with Gasteiger partial charge in [0.05, 0.1) is 6.61 Å². The molecule has 0 aliphatic carbocycles. The largest absolute Gasteiger partial charge is 0.462 e. The zero-order valence-corrected chi connectivity index (χ0v) is 31.5. The number of carbonyl (C=O) groups is 4. The number of hydrogen-bond donors (Lipinski definition) is 1. The van der Waals surface area contributed by atoms with Crippen LogP contribution in [0, 0.1) is 0 Å². The molecule has 15 nitrogen and oxygen atoms in total. The summed E-state index contributed by atoms with van der Waals surface area (Å²) >= 11 is 0. The fourth-order valence-corrected chi connectivity index (χ4v) is 4.71. The molecule has 5 aromatic rings. The maximum Gasteiger partial charge on any atom is 0.338 e. The van der Waals surface area contributed by atoms with Gasteiger partial charge < -0.3 is 38.3 Å². The number of hydrogen-bond acceptors (Lipinski definition) is 15. The number of fused-ring (bicyclic) bond motifs is 2. The third-order valence-corrected chi connectivity index (χ3v) is 7.56. The van der Waals surface area contributed by atoms with E-state index >= 15 is 0 Å². The van der Waals surface area contributed by atoms with Crippen LogP contribution in [-0.4, -0.2) is 83.6 Å². The Kier molecular flexibility index (Phi) is 17.1. The van der Waals surface area contributed by atoms with Gasteiger partial charge >= 0.3 is 41.9 Å². The van der Waals surface area contributed by atoms with Crippen molar-refractivity contribution < 1.29 is 57.4 Å². The van der Waals surface area contributed by atoms with Crippen molar-refractivity contribution in [3.05, 3.63) is 135 Å². The molecule has 0 aliphatic rings. The topological polar surface area (TPSA) is 192 Å². The molecule has 58 heavy (non-hydrogen) atoms. The van der Waals surface area contributed by atoms with Crippen LogP contribution in [0.1, 0.15) is 12.8 Å². The quantitative estimate of drug-likeness (QED) is 0.0308. The Morgan fingerprint density at radius 2 is 1.03 bits per heavy atom. The van der Waals surface area contributed by atoms with E-state index in [0.717, 1.165) is 33.7 Å². The van der Waals surface area contributed by atoms with Gasteiger partial charge in [-0.15, -0.1) is 15.0 Å². The Bertz CT molecular complexity index is 2220. The molecule has 0 spiro atoms. The summed E-state index contributed by atoms with van der Waals surface area (Å²) in [5.74, 6) is -1.33. The first-order chi connectivity index (χ1) is 28.1. The molecule has 15 heteroatoms. The normalized spacial score (nSPS) is 10.2.